The first-order valence-electron chi connectivity index (χ1n) is 33.8. The molecule has 0 N–H and O–H groups in total. The van der Waals surface area contributed by atoms with Crippen LogP contribution in [0.25, 0.3) is 49.9 Å². The average Bonchev–Trinajstić information content (AvgIpc) is 1.58. The zero-order valence-corrected chi connectivity index (χ0v) is 56.2. The van der Waals surface area contributed by atoms with Crippen LogP contribution >= 0.6 is 0 Å². The van der Waals surface area contributed by atoms with E-state index in [2.05, 4.69) is 66.0 Å². The Morgan fingerprint density at radius 1 is 0.450 bits per heavy atom. The number of carbonyl (C=O) groups is 3. The number of anilines is 3. The van der Waals surface area contributed by atoms with E-state index >= 15 is 0 Å². The quantitative estimate of drug-likeness (QED) is 0.104. The lowest BCUT2D eigenvalue weighted by molar-refractivity contribution is -0.128. The topological polar surface area (TPSA) is 260 Å². The molecule has 3 spiro atoms. The van der Waals surface area contributed by atoms with Crippen molar-refractivity contribution in [3.8, 4) is 106 Å². The summed E-state index contributed by atoms with van der Waals surface area (Å²) in [4.78, 5) is 62.5. The van der Waals surface area contributed by atoms with Crippen molar-refractivity contribution in [3.63, 3.8) is 0 Å². The molecule has 9 aromatic heterocycles. The molecule has 1 saturated carbocycles. The summed E-state index contributed by atoms with van der Waals surface area (Å²) in [5.41, 5.74) is 9.04. The number of hydrogen-bond donors (Lipinski definition) is 0. The zero-order chi connectivity index (χ0) is 69.7. The Balaban J connectivity index is 0.000000134. The molecule has 0 aromatic carbocycles. The number of nitriles is 3. The van der Waals surface area contributed by atoms with Crippen molar-refractivity contribution in [3.05, 3.63) is 127 Å². The van der Waals surface area contributed by atoms with Crippen LogP contribution in [0, 0.1) is 81.9 Å². The fourth-order valence-electron chi connectivity index (χ4n) is 15.0. The Labute approximate surface area is 579 Å². The van der Waals surface area contributed by atoms with Gasteiger partial charge in [-0.3, -0.25) is 14.4 Å². The highest BCUT2D eigenvalue weighted by Gasteiger charge is 2.53. The van der Waals surface area contributed by atoms with Gasteiger partial charge in [-0.15, -0.1) is 19.3 Å². The molecular weight excluding hydrogens is 1260 g/mol. The number of nitrogens with zero attached hydrogens (tertiary/aromatic N) is 18. The molecule has 1 atom stereocenters. The second-order valence-corrected chi connectivity index (χ2v) is 26.2. The standard InChI is InChI=1S/2C26H26N6O2.C24H22N6O2/c1-3-24(33)31-11-9-26(18-31)8-5-10-30(17-26)23-7-6-19(14-28-23)22-12-21(34-4-2)16-32-25(22)20(13-27)15-29-32;1-3-24(33)31-12-9-26(18-31)7-10-30(11-8-26)23-6-5-19(15-28-23)22-13-21(34-4-2)17-32-25(22)20(14-27)16-29-32;1-3-22(31)29-10-9-28(16-24(29)7-8-24)21-6-5-17(13-26-21)20-11-19(32-4-2)15-30-23(20)18(12-25)14-27-30/h1,6-7,12,14-16H,4-5,8-11,17-18H2,2H3;1,5-6,13,15-17H,4,7-12,18H2,2H3;1,5-6,11,13-15H,4,7-10,16H2,2H3. The number of rotatable bonds is 12. The molecule has 24 heteroatoms. The van der Waals surface area contributed by atoms with Crippen molar-refractivity contribution in [2.75, 3.05) is 107 Å². The van der Waals surface area contributed by atoms with Crippen LogP contribution in [0.15, 0.2) is 110 Å². The number of piperidine rings is 2. The molecule has 1 aliphatic carbocycles. The molecule has 5 aliphatic heterocycles. The highest BCUT2D eigenvalue weighted by Crippen LogP contribution is 2.46. The van der Waals surface area contributed by atoms with Crippen molar-refractivity contribution in [2.24, 2.45) is 10.8 Å². The van der Waals surface area contributed by atoms with Gasteiger partial charge in [0.1, 0.15) is 52.9 Å². The summed E-state index contributed by atoms with van der Waals surface area (Å²) in [6.07, 6.45) is 39.6. The lowest BCUT2D eigenvalue weighted by atomic mass is 9.78. The molecule has 6 aliphatic rings. The minimum Gasteiger partial charge on any atom is -0.492 e. The summed E-state index contributed by atoms with van der Waals surface area (Å²) in [6.45, 7) is 16.0. The minimum atomic E-state index is -0.224. The maximum absolute atomic E-state index is 12.1. The first kappa shape index (κ1) is 66.5. The van der Waals surface area contributed by atoms with Crippen molar-refractivity contribution in [1.82, 2.24) is 58.5 Å². The summed E-state index contributed by atoms with van der Waals surface area (Å²) in [7, 11) is 0. The van der Waals surface area contributed by atoms with Crippen LogP contribution < -0.4 is 28.9 Å². The Kier molecular flexibility index (Phi) is 18.7. The lowest BCUT2D eigenvalue weighted by Crippen LogP contribution is -2.57. The highest BCUT2D eigenvalue weighted by molar-refractivity contribution is 5.95. The van der Waals surface area contributed by atoms with Gasteiger partial charge in [-0.05, 0) is 150 Å². The Morgan fingerprint density at radius 2 is 0.850 bits per heavy atom. The number of pyridine rings is 6. The van der Waals surface area contributed by atoms with E-state index in [0.29, 0.717) is 73.4 Å². The predicted octanol–water partition coefficient (Wildman–Crippen LogP) is 8.72. The number of likely N-dealkylation sites (tertiary alicyclic amines) is 2. The molecule has 5 saturated heterocycles. The number of ether oxygens (including phenoxy) is 3. The Hall–Kier alpha value is -12.1. The van der Waals surface area contributed by atoms with E-state index in [9.17, 15) is 30.2 Å². The summed E-state index contributed by atoms with van der Waals surface area (Å²) >= 11 is 0. The number of hydrogen-bond acceptors (Lipinski definition) is 18. The number of amides is 3. The zero-order valence-electron chi connectivity index (χ0n) is 56.2. The van der Waals surface area contributed by atoms with Gasteiger partial charge in [-0.25, -0.2) is 28.5 Å². The number of fused-ring (bicyclic) bond motifs is 3. The molecule has 6 fully saturated rings. The number of terminal acetylenes is 3. The van der Waals surface area contributed by atoms with Gasteiger partial charge in [0.25, 0.3) is 17.7 Å². The molecule has 14 heterocycles. The van der Waals surface area contributed by atoms with Crippen LogP contribution in [-0.2, 0) is 14.4 Å². The van der Waals surface area contributed by atoms with Gasteiger partial charge >= 0.3 is 0 Å². The van der Waals surface area contributed by atoms with E-state index in [4.69, 9.17) is 48.4 Å². The van der Waals surface area contributed by atoms with Gasteiger partial charge in [-0.2, -0.15) is 31.1 Å². The Morgan fingerprint density at radius 3 is 1.24 bits per heavy atom. The first-order valence-corrected chi connectivity index (χ1v) is 33.8. The van der Waals surface area contributed by atoms with Crippen molar-refractivity contribution in [1.29, 1.82) is 15.8 Å². The normalized spacial score (nSPS) is 17.9. The van der Waals surface area contributed by atoms with E-state index in [-0.39, 0.29) is 34.1 Å². The Bertz CT molecular complexity index is 4870. The SMILES string of the molecule is C#CC(=O)N1CCC2(CCCN(c3ccc(-c4cc(OCC)cn5ncc(C#N)c45)cn3)C2)C1.C#CC(=O)N1CCC2(CCN(c3ccc(-c4cc(OCC)cn5ncc(C#N)c45)cn3)CC2)C1.C#CC(=O)N1CCN(c2ccc(-c3cc(OCC)cn4ncc(C#N)c34)cn2)CC12CC2. The third kappa shape index (κ3) is 13.2. The molecular formula is C76H74N18O6. The van der Waals surface area contributed by atoms with Gasteiger partial charge in [0, 0.05) is 129 Å². The number of carbonyl (C=O) groups excluding carboxylic acids is 3. The van der Waals surface area contributed by atoms with E-state index in [1.165, 1.54) is 0 Å². The van der Waals surface area contributed by atoms with E-state index < -0.39 is 0 Å². The smallest absolute Gasteiger partial charge is 0.298 e. The molecule has 504 valence electrons. The summed E-state index contributed by atoms with van der Waals surface area (Å²) in [6, 6.07) is 24.6. The van der Waals surface area contributed by atoms with E-state index in [1.54, 1.807) is 55.6 Å². The molecule has 15 rings (SSSR count). The largest absolute Gasteiger partial charge is 0.492 e. The maximum atomic E-state index is 12.1. The van der Waals surface area contributed by atoms with Gasteiger partial charge in [0.15, 0.2) is 0 Å². The van der Waals surface area contributed by atoms with Crippen LogP contribution in [0.1, 0.15) is 88.8 Å². The van der Waals surface area contributed by atoms with Gasteiger partial charge in [-0.1, -0.05) is 0 Å². The van der Waals surface area contributed by atoms with Gasteiger partial charge in [0.05, 0.1) is 95.8 Å². The molecule has 0 bridgehead atoms. The van der Waals surface area contributed by atoms with E-state index in [0.717, 1.165) is 171 Å². The maximum Gasteiger partial charge on any atom is 0.298 e. The average molecular weight is 1340 g/mol. The third-order valence-corrected chi connectivity index (χ3v) is 20.2. The molecule has 100 heavy (non-hydrogen) atoms. The van der Waals surface area contributed by atoms with Gasteiger partial charge in [0.2, 0.25) is 0 Å². The summed E-state index contributed by atoms with van der Waals surface area (Å²) < 4.78 is 22.1. The summed E-state index contributed by atoms with van der Waals surface area (Å²) in [5.74, 6) is 10.9. The van der Waals surface area contributed by atoms with Gasteiger partial charge < -0.3 is 43.6 Å². The minimum absolute atomic E-state index is 0.0718. The van der Waals surface area contributed by atoms with Crippen LogP contribution in [0.2, 0.25) is 0 Å². The molecule has 9 aromatic rings. The molecule has 24 nitrogen and oxygen atoms in total. The highest BCUT2D eigenvalue weighted by atomic mass is 16.5. The van der Waals surface area contributed by atoms with Crippen molar-refractivity contribution in [2.45, 2.75) is 77.7 Å². The van der Waals surface area contributed by atoms with E-state index in [1.807, 2.05) is 104 Å². The second-order valence-electron chi connectivity index (χ2n) is 26.2. The fraction of sp³-hybridized carbons (Fsp3) is 0.368. The molecule has 0 radical (unpaired) electrons. The number of aromatic nitrogens is 9. The lowest BCUT2D eigenvalue weighted by Gasteiger charge is -2.41. The van der Waals surface area contributed by atoms with Crippen LogP contribution in [0.5, 0.6) is 17.2 Å². The summed E-state index contributed by atoms with van der Waals surface area (Å²) in [5, 5.41) is 41.6. The fourth-order valence-corrected chi connectivity index (χ4v) is 15.0. The van der Waals surface area contributed by atoms with Crippen LogP contribution in [-0.4, -0.2) is 174 Å². The molecule has 1 unspecified atom stereocenters. The molecule has 3 amide bonds. The number of piperazine rings is 1. The van der Waals surface area contributed by atoms with Crippen molar-refractivity contribution >= 4 is 51.7 Å². The van der Waals surface area contributed by atoms with Crippen LogP contribution in [0.4, 0.5) is 17.5 Å². The predicted molar refractivity (Wildman–Crippen MR) is 375 cm³/mol. The third-order valence-electron chi connectivity index (χ3n) is 20.2. The second kappa shape index (κ2) is 28.1. The monoisotopic (exact) mass is 1330 g/mol. The van der Waals surface area contributed by atoms with Crippen molar-refractivity contribution < 1.29 is 28.6 Å². The first-order chi connectivity index (χ1) is 48.7. The van der Waals surface area contributed by atoms with Crippen LogP contribution in [0.3, 0.4) is 0 Å².